The summed E-state index contributed by atoms with van der Waals surface area (Å²) >= 11 is 0. The molecular weight excluding hydrogens is 366 g/mol. The Morgan fingerprint density at radius 1 is 1.29 bits per heavy atom. The number of primary amides is 1. The van der Waals surface area contributed by atoms with E-state index >= 15 is 0 Å². The molecule has 3 amide bonds. The first-order valence-electron chi connectivity index (χ1n) is 9.10. The number of rotatable bonds is 6. The first-order valence-corrected chi connectivity index (χ1v) is 9.10. The van der Waals surface area contributed by atoms with Gasteiger partial charge in [-0.15, -0.1) is 0 Å². The fraction of sp³-hybridized carbons (Fsp3) is 0.444. The molecule has 0 radical (unpaired) electrons. The number of urea groups is 1. The van der Waals surface area contributed by atoms with Crippen LogP contribution in [0.3, 0.4) is 0 Å². The lowest BCUT2D eigenvalue weighted by molar-refractivity contribution is -0.133. The van der Waals surface area contributed by atoms with Crippen LogP contribution in [0.1, 0.15) is 30.5 Å². The second kappa shape index (κ2) is 7.85. The van der Waals surface area contributed by atoms with E-state index in [1.54, 1.807) is 24.3 Å². The fourth-order valence-electron chi connectivity index (χ4n) is 2.81. The quantitative estimate of drug-likeness (QED) is 0.762. The molecule has 1 aliphatic carbocycles. The number of nitrogens with two attached hydrogens (primary N) is 1. The molecule has 0 bridgehead atoms. The Hall–Kier alpha value is -3.14. The molecule has 3 N–H and O–H groups in total. The second-order valence-electron chi connectivity index (χ2n) is 6.77. The Kier molecular flexibility index (Phi) is 5.11. The van der Waals surface area contributed by atoms with Crippen LogP contribution in [0.25, 0.3) is 0 Å². The zero-order chi connectivity index (χ0) is 19.5. The van der Waals surface area contributed by atoms with Crippen LogP contribution >= 0.6 is 0 Å². The minimum absolute atomic E-state index is 0.135. The third kappa shape index (κ3) is 4.39. The summed E-state index contributed by atoms with van der Waals surface area (Å²) in [5.41, 5.74) is 5.84. The van der Waals surface area contributed by atoms with Crippen molar-refractivity contribution in [2.45, 2.75) is 31.5 Å². The Labute approximate surface area is 161 Å². The van der Waals surface area contributed by atoms with Crippen molar-refractivity contribution in [3.8, 4) is 5.75 Å². The zero-order valence-electron chi connectivity index (χ0n) is 15.2. The van der Waals surface area contributed by atoms with E-state index in [1.807, 2.05) is 0 Å². The van der Waals surface area contributed by atoms with Crippen molar-refractivity contribution in [3.63, 3.8) is 0 Å². The van der Waals surface area contributed by atoms with Crippen molar-refractivity contribution in [1.82, 2.24) is 15.0 Å². The number of morpholine rings is 1. The minimum Gasteiger partial charge on any atom is -0.485 e. The van der Waals surface area contributed by atoms with Crippen LogP contribution in [0.2, 0.25) is 0 Å². The van der Waals surface area contributed by atoms with Gasteiger partial charge in [-0.2, -0.15) is 4.98 Å². The second-order valence-corrected chi connectivity index (χ2v) is 6.77. The summed E-state index contributed by atoms with van der Waals surface area (Å²) in [6, 6.07) is 6.62. The van der Waals surface area contributed by atoms with Gasteiger partial charge in [-0.25, -0.2) is 4.79 Å². The van der Waals surface area contributed by atoms with Gasteiger partial charge in [0, 0.05) is 18.2 Å². The molecule has 1 atom stereocenters. The first-order chi connectivity index (χ1) is 13.6. The van der Waals surface area contributed by atoms with E-state index in [0.717, 1.165) is 12.8 Å². The lowest BCUT2D eigenvalue weighted by atomic mass is 10.2. The zero-order valence-corrected chi connectivity index (χ0v) is 15.2. The predicted molar refractivity (Wildman–Crippen MR) is 96.6 cm³/mol. The maximum absolute atomic E-state index is 12.3. The molecule has 1 aromatic heterocycles. The van der Waals surface area contributed by atoms with Gasteiger partial charge in [0.2, 0.25) is 17.6 Å². The average Bonchev–Trinajstić information content (AvgIpc) is 3.45. The summed E-state index contributed by atoms with van der Waals surface area (Å²) in [6.07, 6.45) is 1.42. The summed E-state index contributed by atoms with van der Waals surface area (Å²) in [4.78, 5) is 29.4. The van der Waals surface area contributed by atoms with E-state index in [9.17, 15) is 9.59 Å². The van der Waals surface area contributed by atoms with Gasteiger partial charge in [-0.05, 0) is 37.1 Å². The van der Waals surface area contributed by atoms with E-state index in [1.165, 1.54) is 4.90 Å². The summed E-state index contributed by atoms with van der Waals surface area (Å²) in [7, 11) is 0. The monoisotopic (exact) mass is 387 g/mol. The smallest absolute Gasteiger partial charge is 0.322 e. The highest BCUT2D eigenvalue weighted by molar-refractivity contribution is 5.90. The highest BCUT2D eigenvalue weighted by Crippen LogP contribution is 2.38. The van der Waals surface area contributed by atoms with Gasteiger partial charge in [0.15, 0.2) is 12.7 Å². The Morgan fingerprint density at radius 3 is 2.79 bits per heavy atom. The lowest BCUT2D eigenvalue weighted by Crippen LogP contribution is -2.51. The van der Waals surface area contributed by atoms with Crippen molar-refractivity contribution < 1.29 is 23.6 Å². The normalized spacial score (nSPS) is 19.3. The van der Waals surface area contributed by atoms with Crippen LogP contribution in [-0.2, 0) is 16.1 Å². The number of anilines is 1. The molecular formula is C18H21N5O5. The molecule has 2 aromatic rings. The maximum atomic E-state index is 12.3. The average molecular weight is 387 g/mol. The Balaban J connectivity index is 1.27. The van der Waals surface area contributed by atoms with E-state index in [0.29, 0.717) is 35.6 Å². The van der Waals surface area contributed by atoms with Gasteiger partial charge in [0.05, 0.1) is 13.2 Å². The molecule has 10 nitrogen and oxygen atoms in total. The highest BCUT2D eigenvalue weighted by atomic mass is 16.5. The van der Waals surface area contributed by atoms with Crippen molar-refractivity contribution in [2.75, 3.05) is 25.0 Å². The van der Waals surface area contributed by atoms with Crippen LogP contribution in [0.5, 0.6) is 5.75 Å². The molecule has 28 heavy (non-hydrogen) atoms. The first kappa shape index (κ1) is 18.2. The number of ether oxygens (including phenoxy) is 2. The molecule has 1 aromatic carbocycles. The number of carbonyl (C=O) groups excluding carboxylic acids is 2. The standard InChI is InChI=1S/C18H21N5O5/c19-16(24)14-9-23(7-8-26-14)18(25)20-12-3-5-13(6-4-12)27-10-15-21-17(28-22-15)11-1-2-11/h3-6,11,14H,1-2,7-10H2,(H2,19,24)(H,20,25). The van der Waals surface area contributed by atoms with Crippen LogP contribution in [0.4, 0.5) is 10.5 Å². The van der Waals surface area contributed by atoms with Crippen LogP contribution in [0, 0.1) is 0 Å². The molecule has 4 rings (SSSR count). The van der Waals surface area contributed by atoms with Gasteiger partial charge in [-0.3, -0.25) is 4.79 Å². The lowest BCUT2D eigenvalue weighted by Gasteiger charge is -2.31. The number of carbonyl (C=O) groups is 2. The number of hydrogen-bond donors (Lipinski definition) is 2. The van der Waals surface area contributed by atoms with Crippen LogP contribution in [-0.4, -0.2) is 52.8 Å². The number of nitrogens with one attached hydrogen (secondary N) is 1. The molecule has 0 spiro atoms. The van der Waals surface area contributed by atoms with E-state index in [2.05, 4.69) is 15.5 Å². The molecule has 2 aliphatic rings. The molecule has 1 aliphatic heterocycles. The molecule has 1 saturated carbocycles. The SMILES string of the molecule is NC(=O)C1CN(C(=O)Nc2ccc(OCc3noc(C4CC4)n3)cc2)CCO1. The largest absolute Gasteiger partial charge is 0.485 e. The fourth-order valence-corrected chi connectivity index (χ4v) is 2.81. The Bertz CT molecular complexity index is 848. The third-order valence-electron chi connectivity index (χ3n) is 4.55. The number of benzene rings is 1. The van der Waals surface area contributed by atoms with Gasteiger partial charge in [0.1, 0.15) is 5.75 Å². The van der Waals surface area contributed by atoms with Crippen molar-refractivity contribution in [3.05, 3.63) is 36.0 Å². The molecule has 10 heteroatoms. The van der Waals surface area contributed by atoms with E-state index in [-0.39, 0.29) is 25.8 Å². The van der Waals surface area contributed by atoms with Crippen LogP contribution in [0.15, 0.2) is 28.8 Å². The van der Waals surface area contributed by atoms with Gasteiger partial charge >= 0.3 is 6.03 Å². The summed E-state index contributed by atoms with van der Waals surface area (Å²) in [5.74, 6) is 1.64. The third-order valence-corrected chi connectivity index (χ3v) is 4.55. The number of amides is 3. The molecule has 1 unspecified atom stereocenters. The number of hydrogen-bond acceptors (Lipinski definition) is 7. The van der Waals surface area contributed by atoms with Gasteiger partial charge < -0.3 is 29.9 Å². The molecule has 148 valence electrons. The highest BCUT2D eigenvalue weighted by Gasteiger charge is 2.30. The molecule has 2 heterocycles. The van der Waals surface area contributed by atoms with Gasteiger partial charge in [0.25, 0.3) is 0 Å². The number of aromatic nitrogens is 2. The molecule has 2 fully saturated rings. The topological polar surface area (TPSA) is 133 Å². The van der Waals surface area contributed by atoms with Crippen LogP contribution < -0.4 is 15.8 Å². The summed E-state index contributed by atoms with van der Waals surface area (Å²) in [6.45, 7) is 1.01. The van der Waals surface area contributed by atoms with Crippen molar-refractivity contribution >= 4 is 17.6 Å². The maximum Gasteiger partial charge on any atom is 0.322 e. The number of nitrogens with zero attached hydrogens (tertiary/aromatic N) is 3. The minimum atomic E-state index is -0.777. The summed E-state index contributed by atoms with van der Waals surface area (Å²) in [5, 5.41) is 6.68. The predicted octanol–water partition coefficient (Wildman–Crippen LogP) is 1.24. The van der Waals surface area contributed by atoms with E-state index < -0.39 is 12.0 Å². The summed E-state index contributed by atoms with van der Waals surface area (Å²) < 4.78 is 16.1. The Morgan fingerprint density at radius 2 is 2.07 bits per heavy atom. The van der Waals surface area contributed by atoms with Crippen molar-refractivity contribution in [1.29, 1.82) is 0 Å². The molecule has 1 saturated heterocycles. The van der Waals surface area contributed by atoms with Crippen molar-refractivity contribution in [2.24, 2.45) is 5.73 Å². The van der Waals surface area contributed by atoms with E-state index in [4.69, 9.17) is 19.7 Å². The van der Waals surface area contributed by atoms with Gasteiger partial charge in [-0.1, -0.05) is 5.16 Å².